The van der Waals surface area contributed by atoms with Crippen LogP contribution < -0.4 is 4.74 Å². The predicted octanol–water partition coefficient (Wildman–Crippen LogP) is 3.66. The Bertz CT molecular complexity index is 957. The van der Waals surface area contributed by atoms with Crippen molar-refractivity contribution in [3.63, 3.8) is 0 Å². The molecule has 0 saturated heterocycles. The molecule has 0 saturated carbocycles. The van der Waals surface area contributed by atoms with Crippen LogP contribution in [-0.4, -0.2) is 24.6 Å². The van der Waals surface area contributed by atoms with Gasteiger partial charge in [-0.1, -0.05) is 0 Å². The van der Waals surface area contributed by atoms with Crippen molar-refractivity contribution in [2.45, 2.75) is 13.8 Å². The minimum atomic E-state index is 0.307. The van der Waals surface area contributed by atoms with Gasteiger partial charge in [-0.3, -0.25) is 0 Å². The highest BCUT2D eigenvalue weighted by molar-refractivity contribution is 7.08. The van der Waals surface area contributed by atoms with Gasteiger partial charge >= 0.3 is 6.01 Å². The Morgan fingerprint density at radius 1 is 1.04 bits per heavy atom. The quantitative estimate of drug-likeness (QED) is 0.576. The van der Waals surface area contributed by atoms with E-state index in [0.717, 1.165) is 22.6 Å². The van der Waals surface area contributed by atoms with Crippen LogP contribution in [0.3, 0.4) is 0 Å². The molecule has 4 aromatic rings. The van der Waals surface area contributed by atoms with E-state index < -0.39 is 0 Å². The van der Waals surface area contributed by atoms with Crippen molar-refractivity contribution in [3.8, 4) is 23.1 Å². The maximum atomic E-state index is 5.89. The molecule has 0 atom stereocenters. The Morgan fingerprint density at radius 2 is 1.87 bits per heavy atom. The number of nitrogens with zero attached hydrogens (tertiary/aromatic N) is 5. The molecule has 0 spiro atoms. The molecular weight excluding hydrogens is 310 g/mol. The fourth-order valence-electron chi connectivity index (χ4n) is 2.35. The third-order valence-corrected chi connectivity index (χ3v) is 3.98. The Hall–Kier alpha value is -2.80. The minimum Gasteiger partial charge on any atom is -0.405 e. The minimum absolute atomic E-state index is 0.307. The van der Waals surface area contributed by atoms with Crippen LogP contribution in [0.4, 0.5) is 0 Å². The standard InChI is InChI=1S/C16H13N5OS/c1-10-7-11(2)19-16(18-10)22-15-8-13(12-4-6-23-9-12)20-14-3-5-17-21(14)15/h3-9H,1-2H3. The molecule has 0 bridgehead atoms. The van der Waals surface area contributed by atoms with Crippen LogP contribution >= 0.6 is 11.3 Å². The summed E-state index contributed by atoms with van der Waals surface area (Å²) in [7, 11) is 0. The van der Waals surface area contributed by atoms with E-state index >= 15 is 0 Å². The van der Waals surface area contributed by atoms with Crippen molar-refractivity contribution in [3.05, 3.63) is 52.6 Å². The van der Waals surface area contributed by atoms with Gasteiger partial charge in [0.05, 0.1) is 11.9 Å². The number of thiophene rings is 1. The molecule has 0 aromatic carbocycles. The maximum absolute atomic E-state index is 5.89. The zero-order valence-corrected chi connectivity index (χ0v) is 13.4. The smallest absolute Gasteiger partial charge is 0.323 e. The van der Waals surface area contributed by atoms with E-state index in [1.54, 1.807) is 22.0 Å². The molecule has 0 unspecified atom stereocenters. The summed E-state index contributed by atoms with van der Waals surface area (Å²) in [4.78, 5) is 13.2. The molecule has 23 heavy (non-hydrogen) atoms. The van der Waals surface area contributed by atoms with Gasteiger partial charge < -0.3 is 4.74 Å². The summed E-state index contributed by atoms with van der Waals surface area (Å²) in [6.45, 7) is 3.82. The first-order valence-corrected chi connectivity index (χ1v) is 8.01. The first kappa shape index (κ1) is 13.8. The van der Waals surface area contributed by atoms with E-state index in [1.165, 1.54) is 0 Å². The normalized spacial score (nSPS) is 11.0. The van der Waals surface area contributed by atoms with Crippen LogP contribution in [0.1, 0.15) is 11.4 Å². The van der Waals surface area contributed by atoms with Crippen LogP contribution in [0.15, 0.2) is 41.2 Å². The summed E-state index contributed by atoms with van der Waals surface area (Å²) in [6.07, 6.45) is 1.69. The fourth-order valence-corrected chi connectivity index (χ4v) is 3.00. The molecule has 4 aromatic heterocycles. The lowest BCUT2D eigenvalue weighted by atomic mass is 10.2. The number of fused-ring (bicyclic) bond motifs is 1. The SMILES string of the molecule is Cc1cc(C)nc(Oc2cc(-c3ccsc3)nc3ccnn23)n1. The first-order valence-electron chi connectivity index (χ1n) is 7.06. The van der Waals surface area contributed by atoms with Gasteiger partial charge in [-0.05, 0) is 31.4 Å². The van der Waals surface area contributed by atoms with E-state index in [2.05, 4.69) is 20.1 Å². The van der Waals surface area contributed by atoms with E-state index in [0.29, 0.717) is 17.5 Å². The molecule has 4 heterocycles. The summed E-state index contributed by atoms with van der Waals surface area (Å²) < 4.78 is 7.53. The second-order valence-corrected chi connectivity index (χ2v) is 5.91. The number of rotatable bonds is 3. The van der Waals surface area contributed by atoms with Crippen molar-refractivity contribution >= 4 is 17.0 Å². The molecule has 0 amide bonds. The van der Waals surface area contributed by atoms with E-state index in [9.17, 15) is 0 Å². The number of hydrogen-bond donors (Lipinski definition) is 0. The number of aromatic nitrogens is 5. The van der Waals surface area contributed by atoms with Crippen LogP contribution in [0.25, 0.3) is 16.9 Å². The largest absolute Gasteiger partial charge is 0.405 e. The Kier molecular flexibility index (Phi) is 3.27. The van der Waals surface area contributed by atoms with Crippen LogP contribution in [0.5, 0.6) is 11.9 Å². The topological polar surface area (TPSA) is 65.2 Å². The molecule has 114 valence electrons. The average Bonchev–Trinajstić information content (AvgIpc) is 3.17. The fraction of sp³-hybridized carbons (Fsp3) is 0.125. The van der Waals surface area contributed by atoms with Gasteiger partial charge in [-0.2, -0.15) is 21.0 Å². The van der Waals surface area contributed by atoms with Gasteiger partial charge in [0.25, 0.3) is 0 Å². The van der Waals surface area contributed by atoms with Gasteiger partial charge in [0.1, 0.15) is 0 Å². The molecule has 6 nitrogen and oxygen atoms in total. The molecule has 0 fully saturated rings. The van der Waals surface area contributed by atoms with Gasteiger partial charge in [-0.25, -0.2) is 15.0 Å². The highest BCUT2D eigenvalue weighted by Crippen LogP contribution is 2.27. The van der Waals surface area contributed by atoms with Crippen LogP contribution in [0, 0.1) is 13.8 Å². The zero-order chi connectivity index (χ0) is 15.8. The monoisotopic (exact) mass is 323 g/mol. The summed E-state index contributed by atoms with van der Waals surface area (Å²) in [5, 5.41) is 8.33. The Labute approximate surface area is 136 Å². The third-order valence-electron chi connectivity index (χ3n) is 3.30. The molecule has 0 aliphatic carbocycles. The highest BCUT2D eigenvalue weighted by atomic mass is 32.1. The lowest BCUT2D eigenvalue weighted by molar-refractivity contribution is 0.409. The highest BCUT2D eigenvalue weighted by Gasteiger charge is 2.12. The Morgan fingerprint density at radius 3 is 2.61 bits per heavy atom. The summed E-state index contributed by atoms with van der Waals surface area (Å²) in [5.41, 5.74) is 4.31. The molecule has 0 aliphatic rings. The van der Waals surface area contributed by atoms with Crippen molar-refractivity contribution in [2.75, 3.05) is 0 Å². The maximum Gasteiger partial charge on any atom is 0.323 e. The van der Waals surface area contributed by atoms with E-state index in [1.807, 2.05) is 48.9 Å². The van der Waals surface area contributed by atoms with E-state index in [-0.39, 0.29) is 0 Å². The van der Waals surface area contributed by atoms with Crippen molar-refractivity contribution in [1.29, 1.82) is 0 Å². The van der Waals surface area contributed by atoms with Crippen LogP contribution in [-0.2, 0) is 0 Å². The van der Waals surface area contributed by atoms with Crippen molar-refractivity contribution < 1.29 is 4.74 Å². The summed E-state index contributed by atoms with van der Waals surface area (Å²) in [5.74, 6) is 0.534. The average molecular weight is 323 g/mol. The van der Waals surface area contributed by atoms with Crippen LogP contribution in [0.2, 0.25) is 0 Å². The second kappa shape index (κ2) is 5.44. The zero-order valence-electron chi connectivity index (χ0n) is 12.6. The number of ether oxygens (including phenoxy) is 1. The predicted molar refractivity (Wildman–Crippen MR) is 87.9 cm³/mol. The van der Waals surface area contributed by atoms with Crippen molar-refractivity contribution in [1.82, 2.24) is 24.6 Å². The molecule has 4 rings (SSSR count). The van der Waals surface area contributed by atoms with Gasteiger partial charge in [0.15, 0.2) is 5.65 Å². The van der Waals surface area contributed by atoms with Gasteiger partial charge in [0.2, 0.25) is 5.88 Å². The van der Waals surface area contributed by atoms with E-state index in [4.69, 9.17) is 4.74 Å². The molecule has 7 heteroatoms. The molecular formula is C16H13N5OS. The summed E-state index contributed by atoms with van der Waals surface area (Å²) in [6, 6.07) is 7.92. The second-order valence-electron chi connectivity index (χ2n) is 5.13. The first-order chi connectivity index (χ1) is 11.2. The summed E-state index contributed by atoms with van der Waals surface area (Å²) >= 11 is 1.63. The lowest BCUT2D eigenvalue weighted by Gasteiger charge is -2.08. The lowest BCUT2D eigenvalue weighted by Crippen LogP contribution is -2.02. The van der Waals surface area contributed by atoms with Crippen molar-refractivity contribution in [2.24, 2.45) is 0 Å². The molecule has 0 N–H and O–H groups in total. The molecule has 0 aliphatic heterocycles. The number of aryl methyl sites for hydroxylation is 2. The third kappa shape index (κ3) is 2.66. The number of hydrogen-bond acceptors (Lipinski definition) is 6. The molecule has 0 radical (unpaired) electrons. The Balaban J connectivity index is 1.83. The van der Waals surface area contributed by atoms with Gasteiger partial charge in [-0.15, -0.1) is 0 Å². The van der Waals surface area contributed by atoms with Gasteiger partial charge in [0, 0.05) is 34.5 Å².